The topological polar surface area (TPSA) is 71.3 Å². The van der Waals surface area contributed by atoms with Gasteiger partial charge in [0.1, 0.15) is 0 Å². The van der Waals surface area contributed by atoms with Crippen molar-refractivity contribution < 1.29 is 8.42 Å². The second-order valence-electron chi connectivity index (χ2n) is 6.04. The van der Waals surface area contributed by atoms with Gasteiger partial charge < -0.3 is 0 Å². The van der Waals surface area contributed by atoms with Crippen molar-refractivity contribution in [2.24, 2.45) is 0 Å². The summed E-state index contributed by atoms with van der Waals surface area (Å²) in [5.74, 6) is 0. The quantitative estimate of drug-likeness (QED) is 0.827. The Morgan fingerprint density at radius 1 is 1.29 bits per heavy atom. The van der Waals surface area contributed by atoms with Crippen molar-refractivity contribution in [1.82, 2.24) is 23.4 Å². The Kier molecular flexibility index (Phi) is 4.71. The van der Waals surface area contributed by atoms with Gasteiger partial charge in [0.15, 0.2) is 0 Å². The number of nitrogens with zero attached hydrogens (tertiary/aromatic N) is 5. The summed E-state index contributed by atoms with van der Waals surface area (Å²) in [6, 6.07) is 7.49. The van der Waals surface area contributed by atoms with E-state index in [4.69, 9.17) is 4.98 Å². The Hall–Kier alpha value is -1.77. The Labute approximate surface area is 143 Å². The molecular weight excluding hydrogens is 326 g/mol. The van der Waals surface area contributed by atoms with Crippen LogP contribution in [0.15, 0.2) is 30.5 Å². The van der Waals surface area contributed by atoms with Gasteiger partial charge in [-0.1, -0.05) is 6.07 Å². The summed E-state index contributed by atoms with van der Waals surface area (Å²) in [5, 5.41) is 4.28. The van der Waals surface area contributed by atoms with Gasteiger partial charge in [0, 0.05) is 33.4 Å². The third-order valence-corrected chi connectivity index (χ3v) is 6.30. The molecule has 1 atom stereocenters. The lowest BCUT2D eigenvalue weighted by Gasteiger charge is -2.26. The molecule has 1 fully saturated rings. The molecule has 0 radical (unpaired) electrons. The predicted octanol–water partition coefficient (Wildman–Crippen LogP) is 1.91. The van der Waals surface area contributed by atoms with Crippen molar-refractivity contribution in [2.45, 2.75) is 32.4 Å². The third kappa shape index (κ3) is 2.97. The summed E-state index contributed by atoms with van der Waals surface area (Å²) in [6.45, 7) is 3.32. The molecule has 0 aliphatic carbocycles. The second kappa shape index (κ2) is 6.62. The number of rotatable bonds is 5. The fourth-order valence-electron chi connectivity index (χ4n) is 3.10. The fraction of sp³-hybridized carbons (Fsp3) is 0.500. The lowest BCUT2D eigenvalue weighted by Crippen LogP contribution is -2.39. The van der Waals surface area contributed by atoms with Crippen LogP contribution in [0.1, 0.15) is 31.5 Å². The zero-order chi connectivity index (χ0) is 17.3. The first-order chi connectivity index (χ1) is 11.4. The normalized spacial score (nSPS) is 19.2. The van der Waals surface area contributed by atoms with Crippen LogP contribution in [0.3, 0.4) is 0 Å². The van der Waals surface area contributed by atoms with E-state index in [0.717, 1.165) is 36.5 Å². The van der Waals surface area contributed by atoms with Gasteiger partial charge >= 0.3 is 0 Å². The first-order valence-electron chi connectivity index (χ1n) is 8.13. The molecule has 7 nitrogen and oxygen atoms in total. The van der Waals surface area contributed by atoms with Gasteiger partial charge in [0.05, 0.1) is 23.1 Å². The lowest BCUT2D eigenvalue weighted by molar-refractivity contribution is 0.358. The van der Waals surface area contributed by atoms with Gasteiger partial charge in [-0.05, 0) is 38.0 Å². The molecule has 0 aromatic carbocycles. The minimum Gasteiger partial charge on any atom is -0.264 e. The highest BCUT2D eigenvalue weighted by atomic mass is 32.2. The smallest absolute Gasteiger partial charge is 0.264 e. The number of pyridine rings is 1. The molecule has 0 bridgehead atoms. The van der Waals surface area contributed by atoms with Crippen LogP contribution in [-0.4, -0.2) is 52.4 Å². The summed E-state index contributed by atoms with van der Waals surface area (Å²) in [6.07, 6.45) is 3.39. The Bertz CT molecular complexity index is 815. The highest BCUT2D eigenvalue weighted by molar-refractivity contribution is 7.86. The molecule has 0 amide bonds. The van der Waals surface area contributed by atoms with Gasteiger partial charge in [-0.2, -0.15) is 22.1 Å². The largest absolute Gasteiger partial charge is 0.282 e. The molecule has 1 aliphatic rings. The van der Waals surface area contributed by atoms with Gasteiger partial charge in [-0.25, -0.2) is 4.98 Å². The average molecular weight is 349 g/mol. The predicted molar refractivity (Wildman–Crippen MR) is 92.4 cm³/mol. The monoisotopic (exact) mass is 349 g/mol. The SMILES string of the molecule is CCn1nccc1-c1cccc(C2CCCN2S(=O)(=O)N(C)C)n1. The van der Waals surface area contributed by atoms with E-state index in [0.29, 0.717) is 6.54 Å². The molecule has 0 N–H and O–H groups in total. The lowest BCUT2D eigenvalue weighted by atomic mass is 10.1. The van der Waals surface area contributed by atoms with E-state index in [1.54, 1.807) is 24.6 Å². The molecule has 0 saturated carbocycles. The van der Waals surface area contributed by atoms with Crippen LogP contribution >= 0.6 is 0 Å². The Morgan fingerprint density at radius 2 is 2.08 bits per heavy atom. The van der Waals surface area contributed by atoms with E-state index >= 15 is 0 Å². The highest BCUT2D eigenvalue weighted by Gasteiger charge is 2.37. The van der Waals surface area contributed by atoms with Crippen molar-refractivity contribution >= 4 is 10.2 Å². The van der Waals surface area contributed by atoms with Crippen LogP contribution in [0.25, 0.3) is 11.4 Å². The van der Waals surface area contributed by atoms with E-state index in [1.165, 1.54) is 4.31 Å². The fourth-order valence-corrected chi connectivity index (χ4v) is 4.42. The average Bonchev–Trinajstić information content (AvgIpc) is 3.24. The molecule has 1 unspecified atom stereocenters. The third-order valence-electron chi connectivity index (χ3n) is 4.35. The summed E-state index contributed by atoms with van der Waals surface area (Å²) in [4.78, 5) is 4.74. The van der Waals surface area contributed by atoms with Crippen molar-refractivity contribution in [2.75, 3.05) is 20.6 Å². The van der Waals surface area contributed by atoms with E-state index < -0.39 is 10.2 Å². The van der Waals surface area contributed by atoms with Crippen LogP contribution in [0.2, 0.25) is 0 Å². The van der Waals surface area contributed by atoms with Crippen LogP contribution in [0.4, 0.5) is 0 Å². The summed E-state index contributed by atoms with van der Waals surface area (Å²) in [5.41, 5.74) is 2.56. The van der Waals surface area contributed by atoms with Gasteiger partial charge in [0.2, 0.25) is 0 Å². The number of aryl methyl sites for hydroxylation is 1. The first kappa shape index (κ1) is 17.1. The van der Waals surface area contributed by atoms with Crippen LogP contribution in [0, 0.1) is 0 Å². The Morgan fingerprint density at radius 3 is 2.79 bits per heavy atom. The van der Waals surface area contributed by atoms with Crippen molar-refractivity contribution in [1.29, 1.82) is 0 Å². The molecule has 0 spiro atoms. The minimum absolute atomic E-state index is 0.213. The van der Waals surface area contributed by atoms with E-state index in [-0.39, 0.29) is 6.04 Å². The molecule has 24 heavy (non-hydrogen) atoms. The maximum Gasteiger partial charge on any atom is 0.282 e. The highest BCUT2D eigenvalue weighted by Crippen LogP contribution is 2.34. The molecule has 2 aromatic heterocycles. The van der Waals surface area contributed by atoms with E-state index in [9.17, 15) is 8.42 Å². The molecule has 3 rings (SSSR count). The van der Waals surface area contributed by atoms with Gasteiger partial charge in [0.25, 0.3) is 10.2 Å². The molecule has 130 valence electrons. The molecule has 1 saturated heterocycles. The zero-order valence-electron chi connectivity index (χ0n) is 14.3. The van der Waals surface area contributed by atoms with Gasteiger partial charge in [-0.3, -0.25) is 4.68 Å². The summed E-state index contributed by atoms with van der Waals surface area (Å²) >= 11 is 0. The number of hydrogen-bond donors (Lipinski definition) is 0. The molecular formula is C16H23N5O2S. The summed E-state index contributed by atoms with van der Waals surface area (Å²) < 4.78 is 29.8. The maximum atomic E-state index is 12.5. The van der Waals surface area contributed by atoms with Crippen molar-refractivity contribution in [3.05, 3.63) is 36.2 Å². The van der Waals surface area contributed by atoms with Crippen molar-refractivity contribution in [3.63, 3.8) is 0 Å². The second-order valence-corrected chi connectivity index (χ2v) is 8.13. The molecule has 8 heteroatoms. The molecule has 1 aliphatic heterocycles. The number of hydrogen-bond acceptors (Lipinski definition) is 4. The van der Waals surface area contributed by atoms with Gasteiger partial charge in [-0.15, -0.1) is 0 Å². The van der Waals surface area contributed by atoms with Crippen LogP contribution < -0.4 is 0 Å². The van der Waals surface area contributed by atoms with E-state index in [2.05, 4.69) is 5.10 Å². The minimum atomic E-state index is -3.44. The first-order valence-corrected chi connectivity index (χ1v) is 9.53. The maximum absolute atomic E-state index is 12.5. The van der Waals surface area contributed by atoms with Crippen LogP contribution in [0.5, 0.6) is 0 Å². The van der Waals surface area contributed by atoms with Crippen molar-refractivity contribution in [3.8, 4) is 11.4 Å². The van der Waals surface area contributed by atoms with Crippen LogP contribution in [-0.2, 0) is 16.8 Å². The standard InChI is InChI=1S/C16H23N5O2S/c1-4-20-15(10-11-17-20)13-7-5-8-14(18-13)16-9-6-12-21(16)24(22,23)19(2)3/h5,7-8,10-11,16H,4,6,9,12H2,1-3H3. The molecule has 2 aromatic rings. The Balaban J connectivity index is 1.97. The zero-order valence-corrected chi connectivity index (χ0v) is 15.1. The number of aromatic nitrogens is 3. The summed E-state index contributed by atoms with van der Waals surface area (Å²) in [7, 11) is -0.317. The molecule has 3 heterocycles. The van der Waals surface area contributed by atoms with E-state index in [1.807, 2.05) is 35.9 Å².